The molecule has 0 spiro atoms. The highest BCUT2D eigenvalue weighted by atomic mass is 16.5. The Morgan fingerprint density at radius 2 is 1.92 bits per heavy atom. The molecule has 6 heteroatoms. The number of aryl methyl sites for hydroxylation is 2. The van der Waals surface area contributed by atoms with Crippen LogP contribution in [0.3, 0.4) is 0 Å². The molecule has 0 unspecified atom stereocenters. The third kappa shape index (κ3) is 2.56. The lowest BCUT2D eigenvalue weighted by Crippen LogP contribution is -2.24. The summed E-state index contributed by atoms with van der Waals surface area (Å²) in [5.74, 6) is -0.433. The monoisotopic (exact) mass is 323 g/mol. The Morgan fingerprint density at radius 3 is 2.58 bits per heavy atom. The molecular weight excluding hydrogens is 306 g/mol. The Balaban J connectivity index is 2.31. The van der Waals surface area contributed by atoms with E-state index in [0.29, 0.717) is 33.3 Å². The zero-order chi connectivity index (χ0) is 17.3. The van der Waals surface area contributed by atoms with Crippen molar-refractivity contribution >= 4 is 16.9 Å². The lowest BCUT2D eigenvalue weighted by atomic mass is 9.99. The number of carbonyl (C=O) groups excluding carboxylic acids is 1. The maximum absolute atomic E-state index is 12.9. The highest BCUT2D eigenvalue weighted by Crippen LogP contribution is 2.22. The van der Waals surface area contributed by atoms with Crippen molar-refractivity contribution in [3.05, 3.63) is 63.4 Å². The van der Waals surface area contributed by atoms with E-state index < -0.39 is 5.97 Å². The van der Waals surface area contributed by atoms with E-state index in [9.17, 15) is 9.59 Å². The van der Waals surface area contributed by atoms with Crippen LogP contribution in [0.1, 0.15) is 28.4 Å². The molecule has 0 aliphatic carbocycles. The Hall–Kier alpha value is -3.02. The minimum Gasteiger partial charge on any atom is -0.462 e. The van der Waals surface area contributed by atoms with Crippen LogP contribution in [0.5, 0.6) is 0 Å². The van der Waals surface area contributed by atoms with Gasteiger partial charge in [0.25, 0.3) is 5.56 Å². The van der Waals surface area contributed by atoms with Crippen LogP contribution < -0.4 is 5.56 Å². The van der Waals surface area contributed by atoms with Crippen LogP contribution in [-0.2, 0) is 4.74 Å². The molecule has 122 valence electrons. The van der Waals surface area contributed by atoms with Crippen molar-refractivity contribution in [2.24, 2.45) is 0 Å². The number of nitrogens with zero attached hydrogens (tertiary/aromatic N) is 3. The molecule has 0 atom stereocenters. The van der Waals surface area contributed by atoms with Crippen LogP contribution in [0.25, 0.3) is 16.6 Å². The van der Waals surface area contributed by atoms with Crippen LogP contribution in [-0.4, -0.2) is 27.6 Å². The Labute approximate surface area is 138 Å². The van der Waals surface area contributed by atoms with Crippen LogP contribution in [0, 0.1) is 13.8 Å². The summed E-state index contributed by atoms with van der Waals surface area (Å²) < 4.78 is 6.35. The maximum Gasteiger partial charge on any atom is 0.338 e. The Morgan fingerprint density at radius 1 is 1.21 bits per heavy atom. The number of rotatable bonds is 3. The second kappa shape index (κ2) is 6.23. The highest BCUT2D eigenvalue weighted by Gasteiger charge is 2.20. The van der Waals surface area contributed by atoms with E-state index in [1.54, 1.807) is 39.0 Å². The fraction of sp³-hybridized carbons (Fsp3) is 0.222. The van der Waals surface area contributed by atoms with Crippen LogP contribution >= 0.6 is 0 Å². The highest BCUT2D eigenvalue weighted by molar-refractivity contribution is 5.99. The average molecular weight is 323 g/mol. The number of hydrogen-bond acceptors (Lipinski definition) is 5. The van der Waals surface area contributed by atoms with E-state index in [2.05, 4.69) is 10.3 Å². The predicted molar refractivity (Wildman–Crippen MR) is 90.6 cm³/mol. The van der Waals surface area contributed by atoms with Crippen LogP contribution in [0.4, 0.5) is 0 Å². The maximum atomic E-state index is 12.9. The number of benzene rings is 2. The molecule has 2 aromatic carbocycles. The number of esters is 1. The SMILES string of the molecule is CCOC(=O)c1c(C)cc2nnn(-c3ccccc3)c(=O)c2c1C. The van der Waals surface area contributed by atoms with Gasteiger partial charge in [0.15, 0.2) is 0 Å². The van der Waals surface area contributed by atoms with Gasteiger partial charge in [0.05, 0.1) is 23.2 Å². The quantitative estimate of drug-likeness (QED) is 0.693. The molecule has 0 saturated heterocycles. The normalized spacial score (nSPS) is 10.8. The number of hydrogen-bond donors (Lipinski definition) is 0. The standard InChI is InChI=1S/C18H17N3O3/c1-4-24-18(23)15-11(2)10-14-16(12(15)3)17(22)21(20-19-14)13-8-6-5-7-9-13/h5-10H,4H2,1-3H3. The molecular formula is C18H17N3O3. The summed E-state index contributed by atoms with van der Waals surface area (Å²) in [4.78, 5) is 25.1. The summed E-state index contributed by atoms with van der Waals surface area (Å²) in [6.07, 6.45) is 0. The first-order valence-electron chi connectivity index (χ1n) is 7.67. The first kappa shape index (κ1) is 15.9. The van der Waals surface area contributed by atoms with Gasteiger partial charge in [-0.05, 0) is 50.1 Å². The van der Waals surface area contributed by atoms with Crippen molar-refractivity contribution in [1.82, 2.24) is 15.0 Å². The zero-order valence-electron chi connectivity index (χ0n) is 13.7. The average Bonchev–Trinajstić information content (AvgIpc) is 2.55. The molecule has 1 aromatic heterocycles. The molecule has 0 aliphatic rings. The van der Waals surface area contributed by atoms with Crippen LogP contribution in [0.2, 0.25) is 0 Å². The molecule has 24 heavy (non-hydrogen) atoms. The molecule has 0 radical (unpaired) electrons. The minimum atomic E-state index is -0.433. The van der Waals surface area contributed by atoms with E-state index in [0.717, 1.165) is 0 Å². The third-order valence-electron chi connectivity index (χ3n) is 3.88. The van der Waals surface area contributed by atoms with Crippen molar-refractivity contribution in [1.29, 1.82) is 0 Å². The summed E-state index contributed by atoms with van der Waals surface area (Å²) in [6.45, 7) is 5.55. The van der Waals surface area contributed by atoms with Gasteiger partial charge in [0.2, 0.25) is 0 Å². The van der Waals surface area contributed by atoms with Gasteiger partial charge in [-0.15, -0.1) is 5.10 Å². The number of para-hydroxylation sites is 1. The number of aromatic nitrogens is 3. The lowest BCUT2D eigenvalue weighted by Gasteiger charge is -2.12. The Bertz CT molecular complexity index is 978. The first-order chi connectivity index (χ1) is 11.5. The smallest absolute Gasteiger partial charge is 0.338 e. The molecule has 0 N–H and O–H groups in total. The molecule has 1 heterocycles. The van der Waals surface area contributed by atoms with Gasteiger partial charge in [0.1, 0.15) is 5.52 Å². The lowest BCUT2D eigenvalue weighted by molar-refractivity contribution is 0.0525. The number of ether oxygens (including phenoxy) is 1. The van der Waals surface area contributed by atoms with E-state index >= 15 is 0 Å². The summed E-state index contributed by atoms with van der Waals surface area (Å²) in [5, 5.41) is 8.53. The van der Waals surface area contributed by atoms with E-state index in [1.165, 1.54) is 4.68 Å². The molecule has 6 nitrogen and oxygen atoms in total. The molecule has 0 saturated carbocycles. The first-order valence-corrected chi connectivity index (χ1v) is 7.67. The van der Waals surface area contributed by atoms with Gasteiger partial charge in [-0.3, -0.25) is 4.79 Å². The predicted octanol–water partition coefficient (Wildman–Crippen LogP) is 2.57. The van der Waals surface area contributed by atoms with Gasteiger partial charge >= 0.3 is 5.97 Å². The topological polar surface area (TPSA) is 74.1 Å². The molecule has 0 fully saturated rings. The van der Waals surface area contributed by atoms with E-state index in [-0.39, 0.29) is 12.2 Å². The summed E-state index contributed by atoms with van der Waals surface area (Å²) in [6, 6.07) is 10.7. The van der Waals surface area contributed by atoms with Gasteiger partial charge < -0.3 is 4.74 Å². The van der Waals surface area contributed by atoms with E-state index in [1.807, 2.05) is 18.2 Å². The number of fused-ring (bicyclic) bond motifs is 1. The fourth-order valence-corrected chi connectivity index (χ4v) is 2.81. The second-order valence-electron chi connectivity index (χ2n) is 5.45. The molecule has 3 rings (SSSR count). The minimum absolute atomic E-state index is 0.276. The van der Waals surface area contributed by atoms with Gasteiger partial charge in [0, 0.05) is 0 Å². The summed E-state index contributed by atoms with van der Waals surface area (Å²) >= 11 is 0. The number of carbonyl (C=O) groups is 1. The summed E-state index contributed by atoms with van der Waals surface area (Å²) in [7, 11) is 0. The molecule has 0 bridgehead atoms. The van der Waals surface area contributed by atoms with Crippen molar-refractivity contribution in [3.8, 4) is 5.69 Å². The van der Waals surface area contributed by atoms with Crippen molar-refractivity contribution < 1.29 is 9.53 Å². The Kier molecular flexibility index (Phi) is 4.12. The largest absolute Gasteiger partial charge is 0.462 e. The zero-order valence-corrected chi connectivity index (χ0v) is 13.7. The van der Waals surface area contributed by atoms with E-state index in [4.69, 9.17) is 4.74 Å². The van der Waals surface area contributed by atoms with Gasteiger partial charge in [-0.1, -0.05) is 23.4 Å². The molecule has 0 aliphatic heterocycles. The molecule has 0 amide bonds. The van der Waals surface area contributed by atoms with Crippen molar-refractivity contribution in [2.45, 2.75) is 20.8 Å². The van der Waals surface area contributed by atoms with Gasteiger partial charge in [-0.25, -0.2) is 4.79 Å². The second-order valence-corrected chi connectivity index (χ2v) is 5.45. The van der Waals surface area contributed by atoms with Crippen LogP contribution in [0.15, 0.2) is 41.2 Å². The van der Waals surface area contributed by atoms with Crippen molar-refractivity contribution in [2.75, 3.05) is 6.61 Å². The molecule has 3 aromatic rings. The third-order valence-corrected chi connectivity index (χ3v) is 3.88. The summed E-state index contributed by atoms with van der Waals surface area (Å²) in [5.41, 5.74) is 2.46. The fourth-order valence-electron chi connectivity index (χ4n) is 2.81. The van der Waals surface area contributed by atoms with Crippen molar-refractivity contribution in [3.63, 3.8) is 0 Å². The van der Waals surface area contributed by atoms with Gasteiger partial charge in [-0.2, -0.15) is 4.68 Å².